The predicted molar refractivity (Wildman–Crippen MR) is 78.2 cm³/mol. The Morgan fingerprint density at radius 2 is 1.80 bits per heavy atom. The molecule has 6 nitrogen and oxygen atoms in total. The molecule has 0 spiro atoms. The number of piperidine rings is 1. The molecule has 0 aliphatic carbocycles. The number of hydrogen-bond donors (Lipinski definition) is 1. The van der Waals surface area contributed by atoms with Crippen LogP contribution in [0.3, 0.4) is 0 Å². The standard InChI is InChI=1S/C13H25N3O3S/c1-2-12-11-16(10-7-13(12)14-17)20(18,19)15-8-5-3-4-6-9-15/h12,17H,2-11H2,1H3. The quantitative estimate of drug-likeness (QED) is 0.636. The second kappa shape index (κ2) is 6.87. The van der Waals surface area contributed by atoms with Gasteiger partial charge in [-0.1, -0.05) is 24.9 Å². The molecule has 0 aromatic carbocycles. The summed E-state index contributed by atoms with van der Waals surface area (Å²) in [7, 11) is -3.35. The molecule has 2 saturated heterocycles. The van der Waals surface area contributed by atoms with E-state index in [-0.39, 0.29) is 5.92 Å². The van der Waals surface area contributed by atoms with E-state index in [1.807, 2.05) is 6.92 Å². The molecular formula is C13H25N3O3S. The molecule has 0 bridgehead atoms. The van der Waals surface area contributed by atoms with Crippen LogP contribution >= 0.6 is 0 Å². The maximum Gasteiger partial charge on any atom is 0.282 e. The van der Waals surface area contributed by atoms with Gasteiger partial charge in [-0.3, -0.25) is 0 Å². The Kier molecular flexibility index (Phi) is 5.40. The van der Waals surface area contributed by atoms with Crippen LogP contribution in [0, 0.1) is 5.92 Å². The van der Waals surface area contributed by atoms with Gasteiger partial charge in [-0.05, 0) is 19.3 Å². The summed E-state index contributed by atoms with van der Waals surface area (Å²) in [4.78, 5) is 0. The first-order chi connectivity index (χ1) is 9.59. The first kappa shape index (κ1) is 15.7. The van der Waals surface area contributed by atoms with Crippen molar-refractivity contribution in [2.75, 3.05) is 26.2 Å². The molecule has 2 aliphatic rings. The zero-order valence-corrected chi connectivity index (χ0v) is 13.0. The van der Waals surface area contributed by atoms with Gasteiger partial charge >= 0.3 is 0 Å². The molecular weight excluding hydrogens is 278 g/mol. The second-order valence-corrected chi connectivity index (χ2v) is 7.55. The summed E-state index contributed by atoms with van der Waals surface area (Å²) >= 11 is 0. The van der Waals surface area contributed by atoms with Gasteiger partial charge < -0.3 is 5.21 Å². The zero-order valence-electron chi connectivity index (χ0n) is 12.2. The van der Waals surface area contributed by atoms with E-state index in [0.29, 0.717) is 32.6 Å². The number of hydrogen-bond acceptors (Lipinski definition) is 4. The van der Waals surface area contributed by atoms with Crippen LogP contribution in [0.2, 0.25) is 0 Å². The van der Waals surface area contributed by atoms with Gasteiger partial charge in [-0.25, -0.2) is 0 Å². The first-order valence-electron chi connectivity index (χ1n) is 7.55. The Morgan fingerprint density at radius 1 is 1.15 bits per heavy atom. The summed E-state index contributed by atoms with van der Waals surface area (Å²) in [6.45, 7) is 4.13. The minimum absolute atomic E-state index is 0.0375. The van der Waals surface area contributed by atoms with Crippen LogP contribution < -0.4 is 0 Å². The third kappa shape index (κ3) is 3.32. The van der Waals surface area contributed by atoms with Crippen LogP contribution in [0.15, 0.2) is 5.16 Å². The van der Waals surface area contributed by atoms with E-state index >= 15 is 0 Å². The predicted octanol–water partition coefficient (Wildman–Crippen LogP) is 1.67. The van der Waals surface area contributed by atoms with Crippen LogP contribution in [-0.2, 0) is 10.2 Å². The van der Waals surface area contributed by atoms with Crippen molar-refractivity contribution in [1.82, 2.24) is 8.61 Å². The van der Waals surface area contributed by atoms with Crippen molar-refractivity contribution in [2.45, 2.75) is 45.4 Å². The van der Waals surface area contributed by atoms with Crippen LogP contribution in [0.4, 0.5) is 0 Å². The third-order valence-electron chi connectivity index (χ3n) is 4.35. The normalized spacial score (nSPS) is 29.4. The Balaban J connectivity index is 2.09. The molecule has 0 aromatic rings. The molecule has 0 amide bonds. The lowest BCUT2D eigenvalue weighted by atomic mass is 9.95. The van der Waals surface area contributed by atoms with Gasteiger partial charge in [0.25, 0.3) is 10.2 Å². The van der Waals surface area contributed by atoms with Gasteiger partial charge in [-0.2, -0.15) is 17.0 Å². The molecule has 2 heterocycles. The molecule has 2 rings (SSSR count). The minimum atomic E-state index is -3.35. The molecule has 1 unspecified atom stereocenters. The number of oxime groups is 1. The lowest BCUT2D eigenvalue weighted by Gasteiger charge is -2.35. The van der Waals surface area contributed by atoms with Gasteiger partial charge in [0.05, 0.1) is 5.71 Å². The van der Waals surface area contributed by atoms with Gasteiger partial charge in [-0.15, -0.1) is 0 Å². The molecule has 20 heavy (non-hydrogen) atoms. The van der Waals surface area contributed by atoms with E-state index in [4.69, 9.17) is 5.21 Å². The molecule has 0 radical (unpaired) electrons. The fraction of sp³-hybridized carbons (Fsp3) is 0.923. The summed E-state index contributed by atoms with van der Waals surface area (Å²) < 4.78 is 28.6. The summed E-state index contributed by atoms with van der Waals surface area (Å²) in [6.07, 6.45) is 5.46. The zero-order chi connectivity index (χ0) is 14.6. The largest absolute Gasteiger partial charge is 0.411 e. The molecule has 7 heteroatoms. The Hall–Kier alpha value is -0.660. The van der Waals surface area contributed by atoms with Crippen molar-refractivity contribution in [3.8, 4) is 0 Å². The topological polar surface area (TPSA) is 73.2 Å². The first-order valence-corrected chi connectivity index (χ1v) is 8.95. The van der Waals surface area contributed by atoms with Crippen LogP contribution in [0.1, 0.15) is 45.4 Å². The highest BCUT2D eigenvalue weighted by Crippen LogP contribution is 2.23. The highest BCUT2D eigenvalue weighted by molar-refractivity contribution is 7.86. The van der Waals surface area contributed by atoms with Crippen LogP contribution in [-0.4, -0.2) is 54.1 Å². The Morgan fingerprint density at radius 3 is 2.35 bits per heavy atom. The van der Waals surface area contributed by atoms with Gasteiger partial charge in [0.1, 0.15) is 0 Å². The minimum Gasteiger partial charge on any atom is -0.411 e. The van der Waals surface area contributed by atoms with E-state index in [1.54, 1.807) is 8.61 Å². The average Bonchev–Trinajstić information content (AvgIpc) is 2.76. The van der Waals surface area contributed by atoms with E-state index in [9.17, 15) is 8.42 Å². The second-order valence-electron chi connectivity index (χ2n) is 5.63. The van der Waals surface area contributed by atoms with Crippen molar-refractivity contribution >= 4 is 15.9 Å². The lowest BCUT2D eigenvalue weighted by Crippen LogP contribution is -2.50. The number of rotatable bonds is 3. The van der Waals surface area contributed by atoms with Gasteiger partial charge in [0, 0.05) is 38.5 Å². The smallest absolute Gasteiger partial charge is 0.282 e. The van der Waals surface area contributed by atoms with Gasteiger partial charge in [0.2, 0.25) is 0 Å². The van der Waals surface area contributed by atoms with E-state index in [2.05, 4.69) is 5.16 Å². The molecule has 0 aromatic heterocycles. The van der Waals surface area contributed by atoms with Crippen molar-refractivity contribution < 1.29 is 13.6 Å². The highest BCUT2D eigenvalue weighted by atomic mass is 32.2. The molecule has 0 saturated carbocycles. The Bertz CT molecular complexity index is 442. The number of nitrogens with zero attached hydrogens (tertiary/aromatic N) is 3. The fourth-order valence-corrected chi connectivity index (χ4v) is 4.76. The molecule has 1 N–H and O–H groups in total. The summed E-state index contributed by atoms with van der Waals surface area (Å²) in [6, 6.07) is 0. The van der Waals surface area contributed by atoms with E-state index < -0.39 is 10.2 Å². The van der Waals surface area contributed by atoms with Crippen molar-refractivity contribution in [2.24, 2.45) is 11.1 Å². The lowest BCUT2D eigenvalue weighted by molar-refractivity contribution is 0.284. The fourth-order valence-electron chi connectivity index (χ4n) is 3.03. The maximum absolute atomic E-state index is 12.7. The van der Waals surface area contributed by atoms with Crippen molar-refractivity contribution in [1.29, 1.82) is 0 Å². The summed E-state index contributed by atoms with van der Waals surface area (Å²) in [5.74, 6) is 0.0375. The van der Waals surface area contributed by atoms with Crippen LogP contribution in [0.5, 0.6) is 0 Å². The monoisotopic (exact) mass is 303 g/mol. The molecule has 2 aliphatic heterocycles. The highest BCUT2D eigenvalue weighted by Gasteiger charge is 2.35. The third-order valence-corrected chi connectivity index (χ3v) is 6.35. The van der Waals surface area contributed by atoms with Crippen LogP contribution in [0.25, 0.3) is 0 Å². The molecule has 1 atom stereocenters. The Labute approximate surface area is 121 Å². The van der Waals surface area contributed by atoms with Crippen molar-refractivity contribution in [3.63, 3.8) is 0 Å². The maximum atomic E-state index is 12.7. The summed E-state index contributed by atoms with van der Waals surface area (Å²) in [5.41, 5.74) is 0.731. The van der Waals surface area contributed by atoms with Crippen molar-refractivity contribution in [3.05, 3.63) is 0 Å². The van der Waals surface area contributed by atoms with Gasteiger partial charge in [0.15, 0.2) is 0 Å². The summed E-state index contributed by atoms with van der Waals surface area (Å²) in [5, 5.41) is 12.3. The van der Waals surface area contributed by atoms with E-state index in [0.717, 1.165) is 37.8 Å². The molecule has 116 valence electrons. The van der Waals surface area contributed by atoms with E-state index in [1.165, 1.54) is 0 Å². The average molecular weight is 303 g/mol. The SMILES string of the molecule is CCC1CN(S(=O)(=O)N2CCCCCC2)CCC1=NO. The molecule has 2 fully saturated rings.